The number of rotatable bonds is 1. The molecule has 0 saturated heterocycles. The third kappa shape index (κ3) is 1.79. The van der Waals surface area contributed by atoms with Crippen molar-refractivity contribution in [2.45, 2.75) is 6.18 Å². The molecule has 0 fully saturated rings. The second-order valence-electron chi connectivity index (χ2n) is 3.24. The molecule has 2 aromatic rings. The first-order valence-corrected chi connectivity index (χ1v) is 4.45. The van der Waals surface area contributed by atoms with Crippen LogP contribution in [0.2, 0.25) is 0 Å². The third-order valence-corrected chi connectivity index (χ3v) is 2.23. The summed E-state index contributed by atoms with van der Waals surface area (Å²) in [5.74, 6) is 5.56. The number of pyridine rings is 1. The van der Waals surface area contributed by atoms with Crippen LogP contribution < -0.4 is 11.3 Å². The summed E-state index contributed by atoms with van der Waals surface area (Å²) in [4.78, 5) is 3.90. The first-order chi connectivity index (χ1) is 7.52. The fraction of sp³-hybridized carbons (Fsp3) is 0.100. The first kappa shape index (κ1) is 10.7. The predicted octanol–water partition coefficient (Wildman–Crippen LogP) is 2.54. The Labute approximate surface area is 89.1 Å². The van der Waals surface area contributed by atoms with Gasteiger partial charge in [-0.05, 0) is 23.6 Å². The van der Waals surface area contributed by atoms with E-state index in [9.17, 15) is 13.2 Å². The Kier molecular flexibility index (Phi) is 2.43. The van der Waals surface area contributed by atoms with Crippen LogP contribution in [-0.2, 0) is 6.18 Å². The second kappa shape index (κ2) is 3.64. The lowest BCUT2D eigenvalue weighted by molar-refractivity contribution is -0.137. The molecule has 1 aromatic carbocycles. The third-order valence-electron chi connectivity index (χ3n) is 2.23. The molecule has 16 heavy (non-hydrogen) atoms. The Hall–Kier alpha value is -1.82. The number of aromatic nitrogens is 1. The van der Waals surface area contributed by atoms with Crippen molar-refractivity contribution < 1.29 is 13.2 Å². The van der Waals surface area contributed by atoms with Gasteiger partial charge in [0.05, 0.1) is 5.56 Å². The Morgan fingerprint density at radius 2 is 1.94 bits per heavy atom. The molecule has 84 valence electrons. The molecule has 0 aliphatic rings. The smallest absolute Gasteiger partial charge is 0.308 e. The van der Waals surface area contributed by atoms with E-state index in [2.05, 4.69) is 10.4 Å². The van der Waals surface area contributed by atoms with Crippen LogP contribution in [0.4, 0.5) is 19.0 Å². The summed E-state index contributed by atoms with van der Waals surface area (Å²) < 4.78 is 37.3. The Morgan fingerprint density at radius 3 is 2.56 bits per heavy atom. The SMILES string of the molecule is NNc1nccc2cc(C(F)(F)F)ccc12. The minimum atomic E-state index is -4.34. The molecular formula is C10H8F3N3. The van der Waals surface area contributed by atoms with Crippen molar-refractivity contribution in [2.75, 3.05) is 5.43 Å². The first-order valence-electron chi connectivity index (χ1n) is 4.45. The molecule has 1 aromatic heterocycles. The average Bonchev–Trinajstić information content (AvgIpc) is 2.26. The molecule has 0 spiro atoms. The highest BCUT2D eigenvalue weighted by Crippen LogP contribution is 2.32. The number of anilines is 1. The lowest BCUT2D eigenvalue weighted by atomic mass is 10.1. The van der Waals surface area contributed by atoms with Crippen LogP contribution in [0.1, 0.15) is 5.56 Å². The quantitative estimate of drug-likeness (QED) is 0.581. The molecule has 3 nitrogen and oxygen atoms in total. The summed E-state index contributed by atoms with van der Waals surface area (Å²) in [6.07, 6.45) is -2.94. The maximum Gasteiger partial charge on any atom is 0.416 e. The Bertz CT molecular complexity index is 522. The minimum Gasteiger partial charge on any atom is -0.308 e. The zero-order chi connectivity index (χ0) is 11.8. The van der Waals surface area contributed by atoms with Gasteiger partial charge in [-0.1, -0.05) is 6.07 Å². The number of hydrogen-bond donors (Lipinski definition) is 2. The van der Waals surface area contributed by atoms with Crippen molar-refractivity contribution in [1.82, 2.24) is 4.98 Å². The van der Waals surface area contributed by atoms with Gasteiger partial charge in [-0.2, -0.15) is 13.2 Å². The van der Waals surface area contributed by atoms with E-state index in [-0.39, 0.29) is 0 Å². The van der Waals surface area contributed by atoms with Gasteiger partial charge >= 0.3 is 6.18 Å². The zero-order valence-corrected chi connectivity index (χ0v) is 8.05. The fourth-order valence-electron chi connectivity index (χ4n) is 1.47. The van der Waals surface area contributed by atoms with Crippen LogP contribution in [0.3, 0.4) is 0 Å². The number of nitrogens with two attached hydrogens (primary N) is 1. The number of benzene rings is 1. The highest BCUT2D eigenvalue weighted by atomic mass is 19.4. The number of nitrogens with zero attached hydrogens (tertiary/aromatic N) is 1. The highest BCUT2D eigenvalue weighted by molar-refractivity contribution is 5.92. The number of fused-ring (bicyclic) bond motifs is 1. The van der Waals surface area contributed by atoms with Gasteiger partial charge in [0.25, 0.3) is 0 Å². The Morgan fingerprint density at radius 1 is 1.19 bits per heavy atom. The lowest BCUT2D eigenvalue weighted by Crippen LogP contribution is -2.09. The number of alkyl halides is 3. The van der Waals surface area contributed by atoms with E-state index in [1.807, 2.05) is 0 Å². The van der Waals surface area contributed by atoms with Gasteiger partial charge in [0.15, 0.2) is 0 Å². The summed E-state index contributed by atoms with van der Waals surface area (Å²) >= 11 is 0. The number of nitrogens with one attached hydrogen (secondary N) is 1. The molecule has 0 unspecified atom stereocenters. The zero-order valence-electron chi connectivity index (χ0n) is 8.05. The van der Waals surface area contributed by atoms with Gasteiger partial charge in [-0.3, -0.25) is 0 Å². The second-order valence-corrected chi connectivity index (χ2v) is 3.24. The molecule has 1 heterocycles. The maximum absolute atomic E-state index is 12.4. The van der Waals surface area contributed by atoms with E-state index in [0.29, 0.717) is 16.6 Å². The monoisotopic (exact) mass is 227 g/mol. The van der Waals surface area contributed by atoms with Gasteiger partial charge < -0.3 is 5.43 Å². The van der Waals surface area contributed by atoms with Crippen LogP contribution in [-0.4, -0.2) is 4.98 Å². The summed E-state index contributed by atoms with van der Waals surface area (Å²) in [5.41, 5.74) is 1.65. The van der Waals surface area contributed by atoms with Gasteiger partial charge in [0.2, 0.25) is 0 Å². The molecule has 0 aliphatic heterocycles. The van der Waals surface area contributed by atoms with Crippen molar-refractivity contribution in [3.63, 3.8) is 0 Å². The normalized spacial score (nSPS) is 11.8. The van der Waals surface area contributed by atoms with Gasteiger partial charge in [0.1, 0.15) is 5.82 Å². The number of nitrogen functional groups attached to an aromatic ring is 1. The molecule has 6 heteroatoms. The maximum atomic E-state index is 12.4. The summed E-state index contributed by atoms with van der Waals surface area (Å²) in [6.45, 7) is 0. The molecule has 0 radical (unpaired) electrons. The van der Waals surface area contributed by atoms with Crippen LogP contribution >= 0.6 is 0 Å². The van der Waals surface area contributed by atoms with Crippen molar-refractivity contribution >= 4 is 16.6 Å². The van der Waals surface area contributed by atoms with Crippen LogP contribution in [0.5, 0.6) is 0 Å². The molecular weight excluding hydrogens is 219 g/mol. The molecule has 0 bridgehead atoms. The molecule has 0 aliphatic carbocycles. The number of hydrogen-bond acceptors (Lipinski definition) is 3. The largest absolute Gasteiger partial charge is 0.416 e. The van der Waals surface area contributed by atoms with Crippen molar-refractivity contribution in [3.05, 3.63) is 36.0 Å². The molecule has 3 N–H and O–H groups in total. The van der Waals surface area contributed by atoms with E-state index in [1.54, 1.807) is 0 Å². The van der Waals surface area contributed by atoms with Gasteiger partial charge in [-0.25, -0.2) is 10.8 Å². The molecule has 0 amide bonds. The molecule has 0 atom stereocenters. The minimum absolute atomic E-state index is 0.353. The van der Waals surface area contributed by atoms with Crippen LogP contribution in [0, 0.1) is 0 Å². The van der Waals surface area contributed by atoms with Crippen LogP contribution in [0.15, 0.2) is 30.5 Å². The fourth-order valence-corrected chi connectivity index (χ4v) is 1.47. The average molecular weight is 227 g/mol. The van der Waals surface area contributed by atoms with E-state index >= 15 is 0 Å². The summed E-state index contributed by atoms with van der Waals surface area (Å²) in [6, 6.07) is 4.93. The van der Waals surface area contributed by atoms with Gasteiger partial charge in [-0.15, -0.1) is 0 Å². The molecule has 0 saturated carbocycles. The standard InChI is InChI=1S/C10H8F3N3/c11-10(12,13)7-1-2-8-6(5-7)3-4-15-9(8)16-14/h1-5H,14H2,(H,15,16). The Balaban J connectivity index is 2.64. The van der Waals surface area contributed by atoms with E-state index in [0.717, 1.165) is 12.1 Å². The summed E-state index contributed by atoms with van der Waals surface area (Å²) in [7, 11) is 0. The van der Waals surface area contributed by atoms with E-state index in [1.165, 1.54) is 18.3 Å². The number of hydrazine groups is 1. The molecule has 2 rings (SSSR count). The topological polar surface area (TPSA) is 50.9 Å². The lowest BCUT2D eigenvalue weighted by Gasteiger charge is -2.09. The van der Waals surface area contributed by atoms with Gasteiger partial charge in [0, 0.05) is 11.6 Å². The van der Waals surface area contributed by atoms with Crippen molar-refractivity contribution in [2.24, 2.45) is 5.84 Å². The predicted molar refractivity (Wildman–Crippen MR) is 54.6 cm³/mol. The highest BCUT2D eigenvalue weighted by Gasteiger charge is 2.30. The van der Waals surface area contributed by atoms with E-state index in [4.69, 9.17) is 5.84 Å². The van der Waals surface area contributed by atoms with Crippen molar-refractivity contribution in [3.8, 4) is 0 Å². The number of halogens is 3. The van der Waals surface area contributed by atoms with Crippen molar-refractivity contribution in [1.29, 1.82) is 0 Å². The van der Waals surface area contributed by atoms with Crippen LogP contribution in [0.25, 0.3) is 10.8 Å². The summed E-state index contributed by atoms with van der Waals surface area (Å²) in [5, 5.41) is 0.996. The van der Waals surface area contributed by atoms with E-state index < -0.39 is 11.7 Å².